The third-order valence-electron chi connectivity index (χ3n) is 4.59. The maximum Gasteiger partial charge on any atom is 0.243 e. The Balaban J connectivity index is 1.52. The molecule has 2 heterocycles. The van der Waals surface area contributed by atoms with Crippen LogP contribution in [0.15, 0.2) is 53.9 Å². The molecule has 1 fully saturated rings. The van der Waals surface area contributed by atoms with E-state index >= 15 is 0 Å². The SMILES string of the molecule is O=C(NCCCn1ccnc1)[C@H]1CCCN(S(=O)(=O)c2ccccc2)C1. The first-order valence-electron chi connectivity index (χ1n) is 8.86. The summed E-state index contributed by atoms with van der Waals surface area (Å²) in [6.45, 7) is 2.06. The lowest BCUT2D eigenvalue weighted by Gasteiger charge is -2.31. The zero-order valence-electron chi connectivity index (χ0n) is 14.6. The first-order valence-corrected chi connectivity index (χ1v) is 10.3. The molecule has 0 saturated carbocycles. The monoisotopic (exact) mass is 376 g/mol. The highest BCUT2D eigenvalue weighted by atomic mass is 32.2. The van der Waals surface area contributed by atoms with Gasteiger partial charge in [-0.3, -0.25) is 4.79 Å². The van der Waals surface area contributed by atoms with Gasteiger partial charge in [-0.05, 0) is 31.4 Å². The van der Waals surface area contributed by atoms with Crippen molar-refractivity contribution in [2.24, 2.45) is 5.92 Å². The minimum atomic E-state index is -3.54. The van der Waals surface area contributed by atoms with Gasteiger partial charge in [0.15, 0.2) is 0 Å². The van der Waals surface area contributed by atoms with E-state index in [1.165, 1.54) is 4.31 Å². The Morgan fingerprint density at radius 1 is 1.27 bits per heavy atom. The fraction of sp³-hybridized carbons (Fsp3) is 0.444. The number of hydrogen-bond donors (Lipinski definition) is 1. The molecule has 0 unspecified atom stereocenters. The molecule has 1 aromatic heterocycles. The third kappa shape index (κ3) is 4.50. The molecule has 140 valence electrons. The Kier molecular flexibility index (Phi) is 6.05. The number of piperidine rings is 1. The Hall–Kier alpha value is -2.19. The number of nitrogens with zero attached hydrogens (tertiary/aromatic N) is 3. The molecule has 0 spiro atoms. The van der Waals surface area contributed by atoms with E-state index in [0.717, 1.165) is 13.0 Å². The normalized spacial score (nSPS) is 18.5. The number of benzene rings is 1. The van der Waals surface area contributed by atoms with Gasteiger partial charge in [0.2, 0.25) is 15.9 Å². The topological polar surface area (TPSA) is 84.3 Å². The largest absolute Gasteiger partial charge is 0.356 e. The minimum Gasteiger partial charge on any atom is -0.356 e. The van der Waals surface area contributed by atoms with Crippen LogP contribution in [-0.2, 0) is 21.4 Å². The summed E-state index contributed by atoms with van der Waals surface area (Å²) in [6, 6.07) is 8.39. The van der Waals surface area contributed by atoms with Crippen molar-refractivity contribution in [3.8, 4) is 0 Å². The molecule has 1 N–H and O–H groups in total. The van der Waals surface area contributed by atoms with Gasteiger partial charge in [-0.2, -0.15) is 4.31 Å². The van der Waals surface area contributed by atoms with Gasteiger partial charge < -0.3 is 9.88 Å². The van der Waals surface area contributed by atoms with E-state index in [-0.39, 0.29) is 23.3 Å². The summed E-state index contributed by atoms with van der Waals surface area (Å²) in [4.78, 5) is 16.7. The standard InChI is InChI=1S/C18H24N4O3S/c23-18(20-9-5-11-21-13-10-19-15-21)16-6-4-12-22(14-16)26(24,25)17-7-2-1-3-8-17/h1-3,7-8,10,13,15-16H,4-6,9,11-12,14H2,(H,20,23)/t16-/m0/s1. The van der Waals surface area contributed by atoms with Crippen molar-refractivity contribution >= 4 is 15.9 Å². The molecule has 1 aliphatic rings. The first-order chi connectivity index (χ1) is 12.6. The van der Waals surface area contributed by atoms with Crippen LogP contribution in [0.3, 0.4) is 0 Å². The molecule has 1 aliphatic heterocycles. The Morgan fingerprint density at radius 3 is 2.81 bits per heavy atom. The average Bonchev–Trinajstić information content (AvgIpc) is 3.19. The fourth-order valence-corrected chi connectivity index (χ4v) is 4.70. The van der Waals surface area contributed by atoms with E-state index in [4.69, 9.17) is 0 Å². The molecular formula is C18H24N4O3S. The molecule has 3 rings (SSSR count). The maximum absolute atomic E-state index is 12.7. The lowest BCUT2D eigenvalue weighted by Crippen LogP contribution is -2.45. The maximum atomic E-state index is 12.7. The molecule has 8 heteroatoms. The predicted octanol–water partition coefficient (Wildman–Crippen LogP) is 1.49. The van der Waals surface area contributed by atoms with Crippen LogP contribution in [0, 0.1) is 5.92 Å². The van der Waals surface area contributed by atoms with Gasteiger partial charge in [0.05, 0.1) is 17.1 Å². The molecule has 0 radical (unpaired) electrons. The predicted molar refractivity (Wildman–Crippen MR) is 97.8 cm³/mol. The zero-order chi connectivity index (χ0) is 18.4. The highest BCUT2D eigenvalue weighted by molar-refractivity contribution is 7.89. The van der Waals surface area contributed by atoms with Crippen molar-refractivity contribution in [2.75, 3.05) is 19.6 Å². The van der Waals surface area contributed by atoms with Crippen LogP contribution in [0.2, 0.25) is 0 Å². The van der Waals surface area contributed by atoms with Gasteiger partial charge in [0.1, 0.15) is 0 Å². The number of carbonyl (C=O) groups excluding carboxylic acids is 1. The fourth-order valence-electron chi connectivity index (χ4n) is 3.15. The van der Waals surface area contributed by atoms with Crippen molar-refractivity contribution < 1.29 is 13.2 Å². The Labute approximate surface area is 154 Å². The molecule has 2 aromatic rings. The van der Waals surface area contributed by atoms with Crippen molar-refractivity contribution in [1.82, 2.24) is 19.2 Å². The van der Waals surface area contributed by atoms with E-state index in [0.29, 0.717) is 25.9 Å². The Bertz CT molecular complexity index is 806. The van der Waals surface area contributed by atoms with Gasteiger partial charge in [-0.1, -0.05) is 18.2 Å². The van der Waals surface area contributed by atoms with E-state index in [9.17, 15) is 13.2 Å². The summed E-state index contributed by atoms with van der Waals surface area (Å²) in [6.07, 6.45) is 7.57. The summed E-state index contributed by atoms with van der Waals surface area (Å²) in [5.74, 6) is -0.362. The first kappa shape index (κ1) is 18.6. The van der Waals surface area contributed by atoms with E-state index in [2.05, 4.69) is 10.3 Å². The van der Waals surface area contributed by atoms with Crippen LogP contribution in [0.1, 0.15) is 19.3 Å². The lowest BCUT2D eigenvalue weighted by atomic mass is 9.99. The Morgan fingerprint density at radius 2 is 2.08 bits per heavy atom. The van der Waals surface area contributed by atoms with Gasteiger partial charge in [0, 0.05) is 38.6 Å². The van der Waals surface area contributed by atoms with Crippen LogP contribution < -0.4 is 5.32 Å². The van der Waals surface area contributed by atoms with Crippen LogP contribution in [0.5, 0.6) is 0 Å². The average molecular weight is 376 g/mol. The number of sulfonamides is 1. The molecule has 0 bridgehead atoms. The van der Waals surface area contributed by atoms with Crippen molar-refractivity contribution in [1.29, 1.82) is 0 Å². The van der Waals surface area contributed by atoms with Gasteiger partial charge >= 0.3 is 0 Å². The number of rotatable bonds is 7. The molecule has 1 atom stereocenters. The van der Waals surface area contributed by atoms with Gasteiger partial charge in [-0.25, -0.2) is 13.4 Å². The quantitative estimate of drug-likeness (QED) is 0.742. The second-order valence-electron chi connectivity index (χ2n) is 6.46. The molecule has 7 nitrogen and oxygen atoms in total. The van der Waals surface area contributed by atoms with E-state index in [1.807, 2.05) is 10.8 Å². The van der Waals surface area contributed by atoms with Gasteiger partial charge in [-0.15, -0.1) is 0 Å². The van der Waals surface area contributed by atoms with Crippen LogP contribution >= 0.6 is 0 Å². The smallest absolute Gasteiger partial charge is 0.243 e. The summed E-state index contributed by atoms with van der Waals surface area (Å²) in [5, 5.41) is 2.93. The summed E-state index contributed by atoms with van der Waals surface area (Å²) in [7, 11) is -3.54. The number of amides is 1. The van der Waals surface area contributed by atoms with Crippen LogP contribution in [-0.4, -0.2) is 47.8 Å². The molecular weight excluding hydrogens is 352 g/mol. The molecule has 26 heavy (non-hydrogen) atoms. The zero-order valence-corrected chi connectivity index (χ0v) is 15.4. The summed E-state index contributed by atoms with van der Waals surface area (Å²) >= 11 is 0. The van der Waals surface area contributed by atoms with E-state index in [1.54, 1.807) is 42.9 Å². The molecule has 1 aromatic carbocycles. The number of aryl methyl sites for hydroxylation is 1. The van der Waals surface area contributed by atoms with Crippen molar-refractivity contribution in [3.63, 3.8) is 0 Å². The molecule has 1 amide bonds. The van der Waals surface area contributed by atoms with Crippen LogP contribution in [0.25, 0.3) is 0 Å². The van der Waals surface area contributed by atoms with Gasteiger partial charge in [0.25, 0.3) is 0 Å². The third-order valence-corrected chi connectivity index (χ3v) is 6.47. The minimum absolute atomic E-state index is 0.0661. The highest BCUT2D eigenvalue weighted by Crippen LogP contribution is 2.23. The number of carbonyl (C=O) groups is 1. The summed E-state index contributed by atoms with van der Waals surface area (Å²) in [5.41, 5.74) is 0. The number of aromatic nitrogens is 2. The lowest BCUT2D eigenvalue weighted by molar-refractivity contribution is -0.126. The number of hydrogen-bond acceptors (Lipinski definition) is 4. The highest BCUT2D eigenvalue weighted by Gasteiger charge is 2.33. The second kappa shape index (κ2) is 8.46. The van der Waals surface area contributed by atoms with E-state index < -0.39 is 10.0 Å². The second-order valence-corrected chi connectivity index (χ2v) is 8.40. The van der Waals surface area contributed by atoms with Crippen LogP contribution in [0.4, 0.5) is 0 Å². The van der Waals surface area contributed by atoms with Crippen molar-refractivity contribution in [2.45, 2.75) is 30.7 Å². The molecule has 0 aliphatic carbocycles. The number of imidazole rings is 1. The van der Waals surface area contributed by atoms with Crippen molar-refractivity contribution in [3.05, 3.63) is 49.1 Å². The molecule has 1 saturated heterocycles. The number of nitrogens with one attached hydrogen (secondary N) is 1. The summed E-state index contributed by atoms with van der Waals surface area (Å²) < 4.78 is 28.9.